The molecule has 0 amide bonds. The Bertz CT molecular complexity index is 500. The summed E-state index contributed by atoms with van der Waals surface area (Å²) in [4.78, 5) is 14.2. The van der Waals surface area contributed by atoms with Crippen LogP contribution < -0.4 is 10.6 Å². The Balaban J connectivity index is 2.07. The SMILES string of the molecule is CCC1CCCCC1OC(=O)c1ccc(N(C)C)c(N)c1. The largest absolute Gasteiger partial charge is 0.458 e. The number of nitrogens with zero attached hydrogens (tertiary/aromatic N) is 1. The van der Waals surface area contributed by atoms with Gasteiger partial charge in [0.2, 0.25) is 0 Å². The number of hydrogen-bond donors (Lipinski definition) is 1. The minimum absolute atomic E-state index is 0.0611. The van der Waals surface area contributed by atoms with Crippen molar-refractivity contribution in [3.8, 4) is 0 Å². The number of nitrogen functional groups attached to an aromatic ring is 1. The lowest BCUT2D eigenvalue weighted by atomic mass is 9.85. The standard InChI is InChI=1S/C17H26N2O2/c1-4-12-7-5-6-8-16(12)21-17(20)13-9-10-15(19(2)3)14(18)11-13/h9-12,16H,4-8,18H2,1-3H3. The van der Waals surface area contributed by atoms with Crippen molar-refractivity contribution in [3.63, 3.8) is 0 Å². The number of nitrogens with two attached hydrogens (primary N) is 1. The van der Waals surface area contributed by atoms with Crippen LogP contribution in [0.3, 0.4) is 0 Å². The number of esters is 1. The third-order valence-corrected chi connectivity index (χ3v) is 4.37. The van der Waals surface area contributed by atoms with Crippen molar-refractivity contribution in [1.29, 1.82) is 0 Å². The van der Waals surface area contributed by atoms with E-state index >= 15 is 0 Å². The fraction of sp³-hybridized carbons (Fsp3) is 0.588. The monoisotopic (exact) mass is 290 g/mol. The van der Waals surface area contributed by atoms with E-state index in [4.69, 9.17) is 10.5 Å². The third kappa shape index (κ3) is 3.69. The summed E-state index contributed by atoms with van der Waals surface area (Å²) >= 11 is 0. The number of hydrogen-bond acceptors (Lipinski definition) is 4. The number of rotatable bonds is 4. The highest BCUT2D eigenvalue weighted by Gasteiger charge is 2.27. The van der Waals surface area contributed by atoms with Gasteiger partial charge in [0.05, 0.1) is 16.9 Å². The van der Waals surface area contributed by atoms with Crippen LogP contribution in [0.25, 0.3) is 0 Å². The minimum Gasteiger partial charge on any atom is -0.458 e. The average Bonchev–Trinajstić information content (AvgIpc) is 2.47. The minimum atomic E-state index is -0.252. The fourth-order valence-electron chi connectivity index (χ4n) is 3.09. The van der Waals surface area contributed by atoms with Crippen molar-refractivity contribution >= 4 is 17.3 Å². The quantitative estimate of drug-likeness (QED) is 0.681. The van der Waals surface area contributed by atoms with Crippen molar-refractivity contribution in [3.05, 3.63) is 23.8 Å². The lowest BCUT2D eigenvalue weighted by Crippen LogP contribution is -2.29. The summed E-state index contributed by atoms with van der Waals surface area (Å²) < 4.78 is 5.73. The van der Waals surface area contributed by atoms with Gasteiger partial charge in [-0.3, -0.25) is 0 Å². The molecule has 4 nitrogen and oxygen atoms in total. The van der Waals surface area contributed by atoms with Crippen LogP contribution in [0.1, 0.15) is 49.4 Å². The normalized spacial score (nSPS) is 21.9. The van der Waals surface area contributed by atoms with Crippen molar-refractivity contribution in [1.82, 2.24) is 0 Å². The maximum absolute atomic E-state index is 12.3. The van der Waals surface area contributed by atoms with Gasteiger partial charge >= 0.3 is 5.97 Å². The molecule has 0 heterocycles. The lowest BCUT2D eigenvalue weighted by molar-refractivity contribution is 0.000717. The Labute approximate surface area is 127 Å². The Hall–Kier alpha value is -1.71. The maximum atomic E-state index is 12.3. The van der Waals surface area contributed by atoms with E-state index in [1.54, 1.807) is 12.1 Å². The summed E-state index contributed by atoms with van der Waals surface area (Å²) in [6.45, 7) is 2.17. The molecule has 0 saturated heterocycles. The first kappa shape index (κ1) is 15.7. The topological polar surface area (TPSA) is 55.6 Å². The Morgan fingerprint density at radius 2 is 2.05 bits per heavy atom. The molecular formula is C17H26N2O2. The Kier molecular flexibility index (Phi) is 5.10. The molecule has 1 fully saturated rings. The average molecular weight is 290 g/mol. The summed E-state index contributed by atoms with van der Waals surface area (Å²) in [5.41, 5.74) is 8.05. The first-order valence-corrected chi connectivity index (χ1v) is 7.80. The van der Waals surface area contributed by atoms with Crippen LogP contribution in [0.2, 0.25) is 0 Å². The fourth-order valence-corrected chi connectivity index (χ4v) is 3.09. The molecule has 0 radical (unpaired) electrons. The highest BCUT2D eigenvalue weighted by molar-refractivity contribution is 5.92. The predicted molar refractivity (Wildman–Crippen MR) is 86.6 cm³/mol. The van der Waals surface area contributed by atoms with E-state index in [0.717, 1.165) is 31.4 Å². The molecule has 1 aromatic carbocycles. The highest BCUT2D eigenvalue weighted by atomic mass is 16.5. The van der Waals surface area contributed by atoms with Gasteiger partial charge in [-0.25, -0.2) is 4.79 Å². The number of carbonyl (C=O) groups is 1. The van der Waals surface area contributed by atoms with Crippen LogP contribution >= 0.6 is 0 Å². The molecule has 0 aromatic heterocycles. The number of ether oxygens (including phenoxy) is 1. The zero-order valence-corrected chi connectivity index (χ0v) is 13.3. The van der Waals surface area contributed by atoms with E-state index in [1.165, 1.54) is 6.42 Å². The smallest absolute Gasteiger partial charge is 0.338 e. The zero-order chi connectivity index (χ0) is 15.4. The number of anilines is 2. The first-order chi connectivity index (χ1) is 10.0. The van der Waals surface area contributed by atoms with Crippen molar-refractivity contribution in [2.45, 2.75) is 45.1 Å². The highest BCUT2D eigenvalue weighted by Crippen LogP contribution is 2.30. The van der Waals surface area contributed by atoms with E-state index in [-0.39, 0.29) is 12.1 Å². The van der Waals surface area contributed by atoms with Gasteiger partial charge in [-0.1, -0.05) is 13.3 Å². The second kappa shape index (κ2) is 6.83. The molecule has 0 spiro atoms. The molecule has 4 heteroatoms. The van der Waals surface area contributed by atoms with Crippen molar-refractivity contribution in [2.75, 3.05) is 24.7 Å². The molecule has 2 atom stereocenters. The third-order valence-electron chi connectivity index (χ3n) is 4.37. The van der Waals surface area contributed by atoms with Crippen molar-refractivity contribution in [2.24, 2.45) is 5.92 Å². The molecule has 1 aliphatic rings. The van der Waals surface area contributed by atoms with Gasteiger partial charge in [0.15, 0.2) is 0 Å². The molecule has 2 unspecified atom stereocenters. The molecule has 1 aliphatic carbocycles. The van der Waals surface area contributed by atoms with Crippen LogP contribution in [0, 0.1) is 5.92 Å². The van der Waals surface area contributed by atoms with Gasteiger partial charge in [-0.2, -0.15) is 0 Å². The molecule has 1 saturated carbocycles. The summed E-state index contributed by atoms with van der Waals surface area (Å²) in [5.74, 6) is 0.249. The van der Waals surface area contributed by atoms with E-state index in [0.29, 0.717) is 17.2 Å². The van der Waals surface area contributed by atoms with Gasteiger partial charge in [0.1, 0.15) is 6.10 Å². The summed E-state index contributed by atoms with van der Waals surface area (Å²) in [6.07, 6.45) is 5.67. The summed E-state index contributed by atoms with van der Waals surface area (Å²) in [7, 11) is 3.86. The molecule has 116 valence electrons. The van der Waals surface area contributed by atoms with Gasteiger partial charge in [0, 0.05) is 14.1 Å². The molecular weight excluding hydrogens is 264 g/mol. The Morgan fingerprint density at radius 3 is 2.67 bits per heavy atom. The molecule has 2 N–H and O–H groups in total. The Morgan fingerprint density at radius 1 is 1.33 bits per heavy atom. The van der Waals surface area contributed by atoms with Gasteiger partial charge in [-0.05, 0) is 49.8 Å². The van der Waals surface area contributed by atoms with E-state index in [2.05, 4.69) is 6.92 Å². The van der Waals surface area contributed by atoms with E-state index in [9.17, 15) is 4.79 Å². The zero-order valence-electron chi connectivity index (χ0n) is 13.3. The van der Waals surface area contributed by atoms with E-state index < -0.39 is 0 Å². The van der Waals surface area contributed by atoms with Crippen LogP contribution in [0.4, 0.5) is 11.4 Å². The summed E-state index contributed by atoms with van der Waals surface area (Å²) in [6, 6.07) is 5.36. The predicted octanol–water partition coefficient (Wildman–Crippen LogP) is 3.46. The second-order valence-corrected chi connectivity index (χ2v) is 6.06. The van der Waals surface area contributed by atoms with Crippen LogP contribution in [0.5, 0.6) is 0 Å². The number of benzene rings is 1. The first-order valence-electron chi connectivity index (χ1n) is 7.80. The molecule has 0 bridgehead atoms. The van der Waals surface area contributed by atoms with Crippen LogP contribution in [-0.4, -0.2) is 26.2 Å². The van der Waals surface area contributed by atoms with Crippen LogP contribution in [-0.2, 0) is 4.74 Å². The molecule has 1 aromatic rings. The maximum Gasteiger partial charge on any atom is 0.338 e. The molecule has 2 rings (SSSR count). The van der Waals surface area contributed by atoms with Gasteiger partial charge in [0.25, 0.3) is 0 Å². The lowest BCUT2D eigenvalue weighted by Gasteiger charge is -2.30. The molecule has 21 heavy (non-hydrogen) atoms. The van der Waals surface area contributed by atoms with Crippen molar-refractivity contribution < 1.29 is 9.53 Å². The van der Waals surface area contributed by atoms with E-state index in [1.807, 2.05) is 25.1 Å². The van der Waals surface area contributed by atoms with Gasteiger partial charge in [-0.15, -0.1) is 0 Å². The number of carbonyl (C=O) groups excluding carboxylic acids is 1. The second-order valence-electron chi connectivity index (χ2n) is 6.06. The van der Waals surface area contributed by atoms with Crippen LogP contribution in [0.15, 0.2) is 18.2 Å². The summed E-state index contributed by atoms with van der Waals surface area (Å²) in [5, 5.41) is 0. The van der Waals surface area contributed by atoms with Gasteiger partial charge < -0.3 is 15.4 Å². The molecule has 0 aliphatic heterocycles.